The fraction of sp³-hybridized carbons (Fsp3) is 0.385. The molecule has 0 bridgehead atoms. The Morgan fingerprint density at radius 3 is 2.68 bits per heavy atom. The maximum atomic E-state index is 12.0. The lowest BCUT2D eigenvalue weighted by atomic mass is 10.1. The van der Waals surface area contributed by atoms with E-state index in [2.05, 4.69) is 27.9 Å². The van der Waals surface area contributed by atoms with Crippen LogP contribution in [-0.4, -0.2) is 23.0 Å². The van der Waals surface area contributed by atoms with Gasteiger partial charge in [0, 0.05) is 9.13 Å². The van der Waals surface area contributed by atoms with Crippen molar-refractivity contribution in [3.05, 3.63) is 32.4 Å². The first-order valence-electron chi connectivity index (χ1n) is 5.94. The fourth-order valence-corrected chi connectivity index (χ4v) is 2.06. The fourth-order valence-electron chi connectivity index (χ4n) is 1.54. The minimum Gasteiger partial charge on any atom is -0.480 e. The zero-order valence-electron chi connectivity index (χ0n) is 10.5. The largest absolute Gasteiger partial charge is 0.480 e. The summed E-state index contributed by atoms with van der Waals surface area (Å²) in [5.41, 5.74) is 0.369. The van der Waals surface area contributed by atoms with Gasteiger partial charge in [0.05, 0.1) is 5.02 Å². The lowest BCUT2D eigenvalue weighted by Crippen LogP contribution is -2.40. The van der Waals surface area contributed by atoms with E-state index in [1.54, 1.807) is 12.1 Å². The van der Waals surface area contributed by atoms with Crippen LogP contribution in [0.15, 0.2) is 18.2 Å². The van der Waals surface area contributed by atoms with E-state index in [0.717, 1.165) is 16.4 Å². The summed E-state index contributed by atoms with van der Waals surface area (Å²) in [7, 11) is 0. The molecule has 0 aliphatic rings. The van der Waals surface area contributed by atoms with E-state index in [1.807, 2.05) is 6.92 Å². The second kappa shape index (κ2) is 7.69. The SMILES string of the molecule is CCCC[C@H](NC(=O)c1ccc(I)c(Cl)c1)C(=O)O. The number of amides is 1. The highest BCUT2D eigenvalue weighted by Crippen LogP contribution is 2.19. The molecule has 19 heavy (non-hydrogen) atoms. The number of hydrogen-bond donors (Lipinski definition) is 2. The molecular formula is C13H15ClINO3. The van der Waals surface area contributed by atoms with E-state index in [-0.39, 0.29) is 0 Å². The Morgan fingerprint density at radius 2 is 2.16 bits per heavy atom. The van der Waals surface area contributed by atoms with Crippen molar-refractivity contribution >= 4 is 46.1 Å². The van der Waals surface area contributed by atoms with Crippen LogP contribution >= 0.6 is 34.2 Å². The Labute approximate surface area is 130 Å². The molecule has 0 heterocycles. The van der Waals surface area contributed by atoms with Crippen LogP contribution in [0.4, 0.5) is 0 Å². The van der Waals surface area contributed by atoms with Crippen molar-refractivity contribution < 1.29 is 14.7 Å². The zero-order chi connectivity index (χ0) is 14.4. The van der Waals surface area contributed by atoms with E-state index < -0.39 is 17.9 Å². The molecule has 0 aliphatic carbocycles. The van der Waals surface area contributed by atoms with Gasteiger partial charge >= 0.3 is 5.97 Å². The molecule has 1 amide bonds. The number of carbonyl (C=O) groups excluding carboxylic acids is 1. The molecule has 2 N–H and O–H groups in total. The molecular weight excluding hydrogens is 381 g/mol. The van der Waals surface area contributed by atoms with Crippen molar-refractivity contribution in [1.82, 2.24) is 5.32 Å². The first-order valence-corrected chi connectivity index (χ1v) is 7.40. The molecule has 1 aromatic rings. The quantitative estimate of drug-likeness (QED) is 0.726. The second-order valence-electron chi connectivity index (χ2n) is 4.14. The van der Waals surface area contributed by atoms with Crippen LogP contribution in [0.5, 0.6) is 0 Å². The predicted octanol–water partition coefficient (Wildman–Crippen LogP) is 3.32. The number of hydrogen-bond acceptors (Lipinski definition) is 2. The normalized spacial score (nSPS) is 11.9. The number of unbranched alkanes of at least 4 members (excludes halogenated alkanes) is 1. The van der Waals surface area contributed by atoms with Gasteiger partial charge in [-0.25, -0.2) is 4.79 Å². The summed E-state index contributed by atoms with van der Waals surface area (Å²) in [5.74, 6) is -1.43. The van der Waals surface area contributed by atoms with Crippen molar-refractivity contribution in [2.75, 3.05) is 0 Å². The van der Waals surface area contributed by atoms with Gasteiger partial charge in [-0.05, 0) is 47.2 Å². The minimum absolute atomic E-state index is 0.369. The summed E-state index contributed by atoms with van der Waals surface area (Å²) in [6.07, 6.45) is 2.06. The molecule has 1 rings (SSSR count). The van der Waals surface area contributed by atoms with E-state index in [0.29, 0.717) is 17.0 Å². The molecule has 0 unspecified atom stereocenters. The predicted molar refractivity (Wildman–Crippen MR) is 82.6 cm³/mol. The molecule has 0 radical (unpaired) electrons. The minimum atomic E-state index is -1.02. The lowest BCUT2D eigenvalue weighted by Gasteiger charge is -2.14. The van der Waals surface area contributed by atoms with E-state index in [9.17, 15) is 9.59 Å². The third-order valence-electron chi connectivity index (χ3n) is 2.63. The Hall–Kier alpha value is -0.820. The molecule has 0 aliphatic heterocycles. The first kappa shape index (κ1) is 16.2. The van der Waals surface area contributed by atoms with Gasteiger partial charge in [-0.1, -0.05) is 31.4 Å². The van der Waals surface area contributed by atoms with E-state index in [4.69, 9.17) is 16.7 Å². The van der Waals surface area contributed by atoms with Gasteiger partial charge in [-0.15, -0.1) is 0 Å². The monoisotopic (exact) mass is 395 g/mol. The highest BCUT2D eigenvalue weighted by Gasteiger charge is 2.20. The van der Waals surface area contributed by atoms with Crippen LogP contribution in [0, 0.1) is 3.57 Å². The summed E-state index contributed by atoms with van der Waals surface area (Å²) >= 11 is 8.00. The standard InChI is InChI=1S/C13H15ClINO3/c1-2-3-4-11(13(18)19)16-12(17)8-5-6-10(15)9(14)7-8/h5-7,11H,2-4H2,1H3,(H,16,17)(H,18,19)/t11-/m0/s1. The molecule has 1 aromatic carbocycles. The van der Waals surface area contributed by atoms with Gasteiger partial charge in [-0.2, -0.15) is 0 Å². The molecule has 0 fully saturated rings. The van der Waals surface area contributed by atoms with Crippen molar-refractivity contribution in [1.29, 1.82) is 0 Å². The molecule has 6 heteroatoms. The lowest BCUT2D eigenvalue weighted by molar-refractivity contribution is -0.139. The number of aliphatic carboxylic acids is 1. The average Bonchev–Trinajstić information content (AvgIpc) is 2.37. The Balaban J connectivity index is 2.75. The zero-order valence-corrected chi connectivity index (χ0v) is 13.4. The maximum Gasteiger partial charge on any atom is 0.326 e. The summed E-state index contributed by atoms with van der Waals surface area (Å²) in [6, 6.07) is 4.03. The molecule has 0 saturated heterocycles. The van der Waals surface area contributed by atoms with Gasteiger partial charge in [-0.3, -0.25) is 4.79 Å². The summed E-state index contributed by atoms with van der Waals surface area (Å²) in [4.78, 5) is 23.0. The number of carbonyl (C=O) groups is 2. The molecule has 1 atom stereocenters. The van der Waals surface area contributed by atoms with Crippen LogP contribution in [0.3, 0.4) is 0 Å². The third kappa shape index (κ3) is 4.99. The van der Waals surface area contributed by atoms with Crippen LogP contribution in [0.25, 0.3) is 0 Å². The molecule has 0 saturated carbocycles. The van der Waals surface area contributed by atoms with Gasteiger partial charge in [0.15, 0.2) is 0 Å². The Morgan fingerprint density at radius 1 is 1.47 bits per heavy atom. The second-order valence-corrected chi connectivity index (χ2v) is 5.70. The third-order valence-corrected chi connectivity index (χ3v) is 4.20. The molecule has 104 valence electrons. The summed E-state index contributed by atoms with van der Waals surface area (Å²) in [6.45, 7) is 1.97. The maximum absolute atomic E-state index is 12.0. The van der Waals surface area contributed by atoms with E-state index >= 15 is 0 Å². The number of benzene rings is 1. The summed E-state index contributed by atoms with van der Waals surface area (Å²) < 4.78 is 0.844. The van der Waals surface area contributed by atoms with Crippen LogP contribution in [0.1, 0.15) is 36.5 Å². The number of halogens is 2. The summed E-state index contributed by atoms with van der Waals surface area (Å²) in [5, 5.41) is 12.0. The molecule has 0 aromatic heterocycles. The van der Waals surface area contributed by atoms with Crippen molar-refractivity contribution in [2.45, 2.75) is 32.2 Å². The van der Waals surface area contributed by atoms with Gasteiger partial charge < -0.3 is 10.4 Å². The Bertz CT molecular complexity index is 479. The smallest absolute Gasteiger partial charge is 0.326 e. The van der Waals surface area contributed by atoms with Crippen LogP contribution < -0.4 is 5.32 Å². The van der Waals surface area contributed by atoms with E-state index in [1.165, 1.54) is 6.07 Å². The van der Waals surface area contributed by atoms with Crippen LogP contribution in [0.2, 0.25) is 5.02 Å². The highest BCUT2D eigenvalue weighted by molar-refractivity contribution is 14.1. The average molecular weight is 396 g/mol. The van der Waals surface area contributed by atoms with Crippen molar-refractivity contribution in [3.63, 3.8) is 0 Å². The van der Waals surface area contributed by atoms with Gasteiger partial charge in [0.2, 0.25) is 0 Å². The highest BCUT2D eigenvalue weighted by atomic mass is 127. The molecule has 0 spiro atoms. The number of carboxylic acid groups (broad SMARTS) is 1. The van der Waals surface area contributed by atoms with Gasteiger partial charge in [0.1, 0.15) is 6.04 Å². The van der Waals surface area contributed by atoms with Crippen molar-refractivity contribution in [3.8, 4) is 0 Å². The number of carboxylic acids is 1. The van der Waals surface area contributed by atoms with Crippen LogP contribution in [-0.2, 0) is 4.79 Å². The molecule has 4 nitrogen and oxygen atoms in total. The first-order chi connectivity index (χ1) is 8.95. The van der Waals surface area contributed by atoms with Crippen molar-refractivity contribution in [2.24, 2.45) is 0 Å². The number of nitrogens with one attached hydrogen (secondary N) is 1. The number of rotatable bonds is 6. The topological polar surface area (TPSA) is 66.4 Å². The van der Waals surface area contributed by atoms with Gasteiger partial charge in [0.25, 0.3) is 5.91 Å². The Kier molecular flexibility index (Phi) is 6.57.